The van der Waals surface area contributed by atoms with Gasteiger partial charge in [0.15, 0.2) is 0 Å². The third-order valence-corrected chi connectivity index (χ3v) is 4.84. The number of thiol groups is 1. The lowest BCUT2D eigenvalue weighted by atomic mass is 10.1. The summed E-state index contributed by atoms with van der Waals surface area (Å²) >= 11 is 5.38. The molecule has 0 radical (unpaired) electrons. The van der Waals surface area contributed by atoms with Crippen LogP contribution in [0.4, 0.5) is 0 Å². The van der Waals surface area contributed by atoms with Gasteiger partial charge < -0.3 is 32.5 Å². The molecule has 4 unspecified atom stereocenters. The van der Waals surface area contributed by atoms with Gasteiger partial charge in [0.05, 0.1) is 6.04 Å². The number of primary amides is 1. The number of carbonyl (C=O) groups is 5. The Kier molecular flexibility index (Phi) is 13.1. The van der Waals surface area contributed by atoms with Crippen molar-refractivity contribution in [2.75, 3.05) is 17.8 Å². The van der Waals surface area contributed by atoms with Gasteiger partial charge in [0.25, 0.3) is 0 Å². The molecule has 4 atom stereocenters. The lowest BCUT2D eigenvalue weighted by Gasteiger charge is -2.23. The van der Waals surface area contributed by atoms with Gasteiger partial charge in [-0.2, -0.15) is 24.4 Å². The van der Waals surface area contributed by atoms with Gasteiger partial charge in [-0.3, -0.25) is 19.2 Å². The second-order valence-electron chi connectivity index (χ2n) is 6.27. The zero-order valence-electron chi connectivity index (χ0n) is 16.3. The van der Waals surface area contributed by atoms with Crippen LogP contribution in [0.5, 0.6) is 0 Å². The van der Waals surface area contributed by atoms with Crippen molar-refractivity contribution in [3.8, 4) is 0 Å². The number of carboxylic acids is 1. The summed E-state index contributed by atoms with van der Waals surface area (Å²) in [7, 11) is 0. The largest absolute Gasteiger partial charge is 0.480 e. The van der Waals surface area contributed by atoms with E-state index in [0.29, 0.717) is 12.2 Å². The molecule has 8 N–H and O–H groups in total. The van der Waals surface area contributed by atoms with Crippen molar-refractivity contribution in [1.82, 2.24) is 16.0 Å². The maximum Gasteiger partial charge on any atom is 0.327 e. The monoisotopic (exact) mass is 451 g/mol. The summed E-state index contributed by atoms with van der Waals surface area (Å²) in [6.45, 7) is 1.41. The highest BCUT2D eigenvalue weighted by Crippen LogP contribution is 2.02. The van der Waals surface area contributed by atoms with Crippen LogP contribution in [-0.4, -0.2) is 76.6 Å². The number of carbonyl (C=O) groups excluding carboxylic acids is 4. The molecule has 0 aromatic rings. The van der Waals surface area contributed by atoms with Gasteiger partial charge >= 0.3 is 5.97 Å². The number of thioether (sulfide) groups is 1. The third kappa shape index (κ3) is 10.9. The van der Waals surface area contributed by atoms with E-state index < -0.39 is 53.8 Å². The van der Waals surface area contributed by atoms with Crippen molar-refractivity contribution in [3.63, 3.8) is 0 Å². The van der Waals surface area contributed by atoms with E-state index in [1.807, 2.05) is 6.26 Å². The van der Waals surface area contributed by atoms with Gasteiger partial charge in [-0.1, -0.05) is 0 Å². The Morgan fingerprint density at radius 2 is 1.59 bits per heavy atom. The van der Waals surface area contributed by atoms with Crippen LogP contribution >= 0.6 is 24.4 Å². The number of hydrogen-bond acceptors (Lipinski definition) is 8. The number of amides is 4. The molecule has 0 saturated carbocycles. The van der Waals surface area contributed by atoms with Gasteiger partial charge in [0, 0.05) is 12.2 Å². The molecular formula is C16H29N5O6S2. The summed E-state index contributed by atoms with van der Waals surface area (Å²) in [5.74, 6) is -3.50. The standard InChI is InChI=1S/C16H29N5O6S2/c1-8(19-14(24)9(17)5-6-29-2)13(23)20-10(3-4-12(18)22)15(25)21-11(7-28)16(26)27/h8-11,28H,3-7,17H2,1-2H3,(H2,18,22)(H,19,24)(H,20,23)(H,21,25)(H,26,27). The first-order valence-corrected chi connectivity index (χ1v) is 10.8. The zero-order valence-corrected chi connectivity index (χ0v) is 18.1. The first-order valence-electron chi connectivity index (χ1n) is 8.81. The summed E-state index contributed by atoms with van der Waals surface area (Å²) in [6, 6.07) is -4.28. The first kappa shape index (κ1) is 27.0. The molecule has 13 heteroatoms. The molecular weight excluding hydrogens is 422 g/mol. The van der Waals surface area contributed by atoms with Crippen LogP contribution in [0.2, 0.25) is 0 Å². The highest BCUT2D eigenvalue weighted by Gasteiger charge is 2.28. The first-order chi connectivity index (χ1) is 13.5. The second-order valence-corrected chi connectivity index (χ2v) is 7.62. The normalized spacial score (nSPS) is 14.8. The van der Waals surface area contributed by atoms with Gasteiger partial charge in [-0.15, -0.1) is 0 Å². The van der Waals surface area contributed by atoms with Crippen LogP contribution in [0, 0.1) is 0 Å². The highest BCUT2D eigenvalue weighted by atomic mass is 32.2. The molecule has 11 nitrogen and oxygen atoms in total. The summed E-state index contributed by atoms with van der Waals surface area (Å²) in [6.07, 6.45) is 1.96. The summed E-state index contributed by atoms with van der Waals surface area (Å²) < 4.78 is 0. The molecule has 0 aromatic carbocycles. The molecule has 29 heavy (non-hydrogen) atoms. The van der Waals surface area contributed by atoms with Crippen molar-refractivity contribution >= 4 is 54.0 Å². The quantitative estimate of drug-likeness (QED) is 0.145. The Morgan fingerprint density at radius 3 is 2.07 bits per heavy atom. The summed E-state index contributed by atoms with van der Waals surface area (Å²) in [5, 5.41) is 16.1. The van der Waals surface area contributed by atoms with Crippen LogP contribution in [0.25, 0.3) is 0 Å². The SMILES string of the molecule is CSCCC(N)C(=O)NC(C)C(=O)NC(CCC(N)=O)C(=O)NC(CS)C(=O)O. The lowest BCUT2D eigenvalue weighted by Crippen LogP contribution is -2.56. The zero-order chi connectivity index (χ0) is 22.6. The smallest absolute Gasteiger partial charge is 0.327 e. The number of rotatable bonds is 14. The van der Waals surface area contributed by atoms with Crippen molar-refractivity contribution in [3.05, 3.63) is 0 Å². The Balaban J connectivity index is 5.00. The van der Waals surface area contributed by atoms with Crippen molar-refractivity contribution in [1.29, 1.82) is 0 Å². The number of nitrogens with one attached hydrogen (secondary N) is 3. The average molecular weight is 452 g/mol. The van der Waals surface area contributed by atoms with Crippen LogP contribution in [0.3, 0.4) is 0 Å². The number of nitrogens with two attached hydrogens (primary N) is 2. The summed E-state index contributed by atoms with van der Waals surface area (Å²) in [4.78, 5) is 58.8. The molecule has 0 heterocycles. The van der Waals surface area contributed by atoms with Crippen molar-refractivity contribution in [2.24, 2.45) is 11.5 Å². The predicted octanol–water partition coefficient (Wildman–Crippen LogP) is -2.18. The fourth-order valence-electron chi connectivity index (χ4n) is 2.07. The van der Waals surface area contributed by atoms with Crippen LogP contribution in [0.15, 0.2) is 0 Å². The third-order valence-electron chi connectivity index (χ3n) is 3.83. The van der Waals surface area contributed by atoms with E-state index in [0.717, 1.165) is 0 Å². The Labute approximate surface area is 178 Å². The van der Waals surface area contributed by atoms with E-state index in [4.69, 9.17) is 16.6 Å². The number of carboxylic acid groups (broad SMARTS) is 1. The predicted molar refractivity (Wildman–Crippen MR) is 112 cm³/mol. The van der Waals surface area contributed by atoms with Gasteiger partial charge in [-0.05, 0) is 31.8 Å². The maximum atomic E-state index is 12.4. The molecule has 0 spiro atoms. The minimum atomic E-state index is -1.30. The Morgan fingerprint density at radius 1 is 1.00 bits per heavy atom. The molecule has 0 aliphatic heterocycles. The molecule has 0 bridgehead atoms. The van der Waals surface area contributed by atoms with Crippen LogP contribution in [0.1, 0.15) is 26.2 Å². The second kappa shape index (κ2) is 14.1. The number of hydrogen-bond donors (Lipinski definition) is 7. The average Bonchev–Trinajstić information content (AvgIpc) is 2.66. The molecule has 0 fully saturated rings. The van der Waals surface area contributed by atoms with Gasteiger partial charge in [0.2, 0.25) is 23.6 Å². The van der Waals surface area contributed by atoms with Gasteiger partial charge in [0.1, 0.15) is 18.1 Å². The van der Waals surface area contributed by atoms with E-state index in [1.165, 1.54) is 18.7 Å². The van der Waals surface area contributed by atoms with Gasteiger partial charge in [-0.25, -0.2) is 4.79 Å². The number of aliphatic carboxylic acids is 1. The van der Waals surface area contributed by atoms with E-state index in [9.17, 15) is 24.0 Å². The minimum Gasteiger partial charge on any atom is -0.480 e. The Hall–Kier alpha value is -1.99. The molecule has 0 aliphatic rings. The van der Waals surface area contributed by atoms with E-state index >= 15 is 0 Å². The molecule has 4 amide bonds. The minimum absolute atomic E-state index is 0.139. The molecule has 0 aliphatic carbocycles. The fourth-order valence-corrected chi connectivity index (χ4v) is 2.81. The highest BCUT2D eigenvalue weighted by molar-refractivity contribution is 7.98. The van der Waals surface area contributed by atoms with Crippen molar-refractivity contribution < 1.29 is 29.1 Å². The topological polar surface area (TPSA) is 194 Å². The van der Waals surface area contributed by atoms with Crippen LogP contribution in [-0.2, 0) is 24.0 Å². The fraction of sp³-hybridized carbons (Fsp3) is 0.688. The van der Waals surface area contributed by atoms with E-state index in [1.54, 1.807) is 0 Å². The maximum absolute atomic E-state index is 12.4. The Bertz CT molecular complexity index is 606. The van der Waals surface area contributed by atoms with E-state index in [2.05, 4.69) is 28.6 Å². The molecule has 0 rings (SSSR count). The lowest BCUT2D eigenvalue weighted by molar-refractivity contribution is -0.141. The molecule has 166 valence electrons. The van der Waals surface area contributed by atoms with Crippen LogP contribution < -0.4 is 27.4 Å². The molecule has 0 saturated heterocycles. The van der Waals surface area contributed by atoms with Crippen molar-refractivity contribution in [2.45, 2.75) is 50.4 Å². The summed E-state index contributed by atoms with van der Waals surface area (Å²) in [5.41, 5.74) is 10.8. The van der Waals surface area contributed by atoms with E-state index in [-0.39, 0.29) is 18.6 Å². The molecule has 0 aromatic heterocycles.